The van der Waals surface area contributed by atoms with Crippen molar-refractivity contribution in [3.05, 3.63) is 181 Å². The van der Waals surface area contributed by atoms with Gasteiger partial charge in [0.1, 0.15) is 77.4 Å². The average molecular weight is 1910 g/mol. The Labute approximate surface area is 810 Å². The number of likely N-dealkylation sites (tertiary alicyclic amines) is 6. The zero-order valence-electron chi connectivity index (χ0n) is 78.1. The summed E-state index contributed by atoms with van der Waals surface area (Å²) in [5, 5.41) is 49.5. The van der Waals surface area contributed by atoms with E-state index in [4.69, 9.17) is 28.4 Å². The van der Waals surface area contributed by atoms with Crippen LogP contribution in [0.1, 0.15) is 61.6 Å². The Balaban J connectivity index is 0.000000134. The first-order valence-electron chi connectivity index (χ1n) is 48.7. The number of piperidine rings is 3. The summed E-state index contributed by atoms with van der Waals surface area (Å²) in [6.45, 7) is 20.7. The molecule has 12 aliphatic heterocycles. The minimum Gasteiger partial charge on any atom is -0.486 e. The van der Waals surface area contributed by atoms with Crippen molar-refractivity contribution in [1.29, 1.82) is 15.8 Å². The minimum atomic E-state index is -1.44. The number of rotatable bonds is 21. The predicted molar refractivity (Wildman–Crippen MR) is 518 cm³/mol. The molecule has 12 saturated heterocycles. The molecule has 0 spiro atoms. The van der Waals surface area contributed by atoms with Gasteiger partial charge in [0.15, 0.2) is 36.0 Å². The molecule has 12 aliphatic rings. The number of amides is 6. The van der Waals surface area contributed by atoms with E-state index < -0.39 is 49.1 Å². The van der Waals surface area contributed by atoms with Crippen LogP contribution in [0.25, 0.3) is 34.2 Å². The molecule has 38 heteroatoms. The van der Waals surface area contributed by atoms with Crippen LogP contribution in [0.15, 0.2) is 164 Å². The molecule has 9 aromatic rings. The highest BCUT2D eigenvalue weighted by Gasteiger charge is 2.42. The molecule has 34 nitrogen and oxygen atoms in total. The highest BCUT2D eigenvalue weighted by atomic mass is 19.1. The lowest BCUT2D eigenvalue weighted by atomic mass is 10.1. The molecule has 0 radical (unpaired) electrons. The normalized spacial score (nSPS) is 23.2. The van der Waals surface area contributed by atoms with Crippen molar-refractivity contribution < 1.29 is 65.5 Å². The van der Waals surface area contributed by atoms with Crippen LogP contribution >= 0.6 is 0 Å². The van der Waals surface area contributed by atoms with Crippen LogP contribution < -0.4 is 44.9 Å². The van der Waals surface area contributed by atoms with Gasteiger partial charge in [-0.2, -0.15) is 15.8 Å². The second-order valence-corrected chi connectivity index (χ2v) is 37.4. The van der Waals surface area contributed by atoms with Crippen LogP contribution in [0.4, 0.5) is 83.5 Å². The smallest absolute Gasteiger partial charge is 0.320 e. The van der Waals surface area contributed by atoms with Crippen molar-refractivity contribution in [1.82, 2.24) is 74.0 Å². The van der Waals surface area contributed by atoms with Crippen molar-refractivity contribution in [3.8, 4) is 69.6 Å². The van der Waals surface area contributed by atoms with E-state index in [1.807, 2.05) is 36.4 Å². The maximum atomic E-state index is 15.2. The number of benzene rings is 6. The molecule has 8 atom stereocenters. The molecular weight excluding hydrogens is 1800 g/mol. The zero-order valence-corrected chi connectivity index (χ0v) is 78.1. The summed E-state index contributed by atoms with van der Waals surface area (Å²) >= 11 is 0. The van der Waals surface area contributed by atoms with E-state index in [-0.39, 0.29) is 85.4 Å². The Morgan fingerprint density at radius 3 is 0.929 bits per heavy atom. The number of alkyl halides is 4. The largest absolute Gasteiger partial charge is 0.486 e. The summed E-state index contributed by atoms with van der Waals surface area (Å²) in [6, 6.07) is 53.0. The van der Waals surface area contributed by atoms with Gasteiger partial charge in [0.25, 0.3) is 0 Å². The molecule has 12 fully saturated rings. The van der Waals surface area contributed by atoms with Gasteiger partial charge in [0.05, 0.1) is 107 Å². The molecule has 21 rings (SSSR count). The Morgan fingerprint density at radius 2 is 0.650 bits per heavy atom. The number of nitrogens with zero attached hydrogens (tertiary/aromatic N) is 21. The molecule has 0 unspecified atom stereocenters. The van der Waals surface area contributed by atoms with Gasteiger partial charge in [0, 0.05) is 220 Å². The molecule has 732 valence electrons. The van der Waals surface area contributed by atoms with E-state index in [1.54, 1.807) is 106 Å². The lowest BCUT2D eigenvalue weighted by Gasteiger charge is -2.43. The maximum absolute atomic E-state index is 15.2. The topological polar surface area (TPSA) is 350 Å². The first-order valence-corrected chi connectivity index (χ1v) is 48.7. The van der Waals surface area contributed by atoms with Gasteiger partial charge >= 0.3 is 18.1 Å². The fraction of sp³-hybridized carbons (Fsp3) is 0.471. The van der Waals surface area contributed by atoms with Gasteiger partial charge in [-0.15, -0.1) is 0 Å². The molecular formula is C102H116F4N24O10. The fourth-order valence-electron chi connectivity index (χ4n) is 19.7. The first kappa shape index (κ1) is 95.4. The molecule has 6 amide bonds. The summed E-state index contributed by atoms with van der Waals surface area (Å²) in [6.07, 6.45) is 0.641. The van der Waals surface area contributed by atoms with E-state index in [9.17, 15) is 39.7 Å². The number of ether oxygens (including phenoxy) is 6. The number of carbonyl (C=O) groups is 3. The Kier molecular flexibility index (Phi) is 30.2. The van der Waals surface area contributed by atoms with Crippen LogP contribution in [0, 0.1) is 34.0 Å². The summed E-state index contributed by atoms with van der Waals surface area (Å²) < 4.78 is 93.0. The number of piperazine rings is 3. The maximum Gasteiger partial charge on any atom is 0.320 e. The van der Waals surface area contributed by atoms with E-state index in [1.165, 1.54) is 31.8 Å². The van der Waals surface area contributed by atoms with E-state index >= 15 is 13.2 Å². The standard InChI is InChI=1S/C34H38F2N8O3.C34H39FN8O4.C34H39FN8O3/c35-25-8-11-43(19-25)34(45)44-12-9-31(29(36)20-44)47-30-6-1-23(17-24(30)18-37)33-38-10-7-32(40-33)39-26-2-4-27(5-3-26)41-13-15-42(16-14-41)28-21-46-22-28;35-29-20-43(34(45)42-11-8-28(44)19-42)12-9-31(29)47-30-6-1-23(17-24(30)18-36)33-37-10-7-32(39-33)38-25-2-4-26(5-3-25)40-13-15-41(16-14-40)27-21-46-22-27;35-29-21-43(34(44)42-12-1-2-13-42)14-10-31(29)46-30-8-3-24(19-25(30)20-36)33-37-11-9-32(39-33)38-26-4-6-27(7-5-26)40-15-17-41(18-16-40)28-22-45-23-28/h1-7,10,17,25,28-29,31H,8-9,11-16,19-22H2,(H,38,39,40);1-7,10,17,27-29,31,44H,8-9,11-16,19-22H2,(H,37,38,39);3-9,11,19,28-29,31H,1-2,10,12-18,21-23H2,(H,37,38,39)/t25-,29-,31+;28-,29-,31+;29-,31+/m111/s1. The fourth-order valence-corrected chi connectivity index (χ4v) is 19.7. The molecule has 3 aromatic heterocycles. The van der Waals surface area contributed by atoms with Crippen molar-refractivity contribution >= 4 is 69.7 Å². The number of hydrogen-bond donors (Lipinski definition) is 4. The van der Waals surface area contributed by atoms with Gasteiger partial charge < -0.3 is 93.6 Å². The van der Waals surface area contributed by atoms with Crippen molar-refractivity contribution in [2.45, 2.75) is 112 Å². The number of aromatic nitrogens is 6. The number of nitrogens with one attached hydrogen (secondary N) is 3. The lowest BCUT2D eigenvalue weighted by molar-refractivity contribution is -0.0660. The summed E-state index contributed by atoms with van der Waals surface area (Å²) in [5.41, 5.74) is 8.94. The Hall–Kier alpha value is -13.5. The van der Waals surface area contributed by atoms with E-state index in [0.29, 0.717) is 134 Å². The number of halogens is 4. The molecule has 15 heterocycles. The molecule has 0 saturated carbocycles. The van der Waals surface area contributed by atoms with E-state index in [2.05, 4.69) is 130 Å². The van der Waals surface area contributed by atoms with Crippen LogP contribution in [0.5, 0.6) is 17.2 Å². The van der Waals surface area contributed by atoms with Crippen LogP contribution in [0.3, 0.4) is 0 Å². The highest BCUT2D eigenvalue weighted by Crippen LogP contribution is 2.37. The molecule has 140 heavy (non-hydrogen) atoms. The minimum absolute atomic E-state index is 0.0100. The first-order chi connectivity index (χ1) is 68.4. The summed E-state index contributed by atoms with van der Waals surface area (Å²) in [7, 11) is 0. The summed E-state index contributed by atoms with van der Waals surface area (Å²) in [4.78, 5) is 89.4. The average Bonchev–Trinajstić information content (AvgIpc) is 1.79. The van der Waals surface area contributed by atoms with Crippen molar-refractivity contribution in [3.63, 3.8) is 0 Å². The van der Waals surface area contributed by atoms with Crippen LogP contribution in [0.2, 0.25) is 0 Å². The Morgan fingerprint density at radius 1 is 0.350 bits per heavy atom. The highest BCUT2D eigenvalue weighted by molar-refractivity contribution is 5.77. The van der Waals surface area contributed by atoms with Gasteiger partial charge in [-0.25, -0.2) is 61.8 Å². The number of aliphatic hydroxyl groups excluding tert-OH is 1. The molecule has 6 aromatic carbocycles. The number of nitriles is 3. The lowest BCUT2D eigenvalue weighted by Crippen LogP contribution is -2.56. The number of anilines is 9. The van der Waals surface area contributed by atoms with E-state index in [0.717, 1.165) is 161 Å². The molecule has 4 N–H and O–H groups in total. The molecule has 0 aliphatic carbocycles. The quantitative estimate of drug-likeness (QED) is 0.0485. The second-order valence-electron chi connectivity index (χ2n) is 37.4. The number of hydrogen-bond acceptors (Lipinski definition) is 28. The van der Waals surface area contributed by atoms with Gasteiger partial charge in [-0.3, -0.25) is 14.7 Å². The molecule has 0 bridgehead atoms. The monoisotopic (exact) mass is 1910 g/mol. The third kappa shape index (κ3) is 23.0. The number of aliphatic hydroxyl groups is 1. The number of β-amino-alcohol motifs (C(OH)–C–C–N with tert-alkyl or cyclic N) is 1. The SMILES string of the molecule is N#Cc1cc(-c2nccc(Nc3ccc(N4CCN(C5COC5)CC4)cc3)n2)ccc1O[C@H]1CCN(C(=O)N2CCCC2)C[C@H]1F.N#Cc1cc(-c2nccc(Nc3ccc(N4CCN(C5COC5)CC4)cc3)n2)ccc1O[C@H]1CCN(C(=O)N2CC[C@@H](F)C2)C[C@H]1F.N#Cc1cc(-c2nccc(Nc3ccc(N4CCN(C5COC5)CC4)cc3)n2)ccc1O[C@H]1CCN(C(=O)N2CC[C@@H](O)C2)C[C@H]1F. The number of urea groups is 3. The Bertz CT molecular complexity index is 5670. The van der Waals surface area contributed by atoms with Gasteiger partial charge in [0.2, 0.25) is 0 Å². The third-order valence-corrected chi connectivity index (χ3v) is 28.2. The van der Waals surface area contributed by atoms with Crippen LogP contribution in [-0.2, 0) is 14.2 Å². The van der Waals surface area contributed by atoms with Gasteiger partial charge in [-0.05, 0) is 171 Å². The van der Waals surface area contributed by atoms with Gasteiger partial charge in [-0.1, -0.05) is 0 Å². The predicted octanol–water partition coefficient (Wildman–Crippen LogP) is 11.8. The summed E-state index contributed by atoms with van der Waals surface area (Å²) in [5.74, 6) is 4.02. The van der Waals surface area contributed by atoms with Crippen LogP contribution in [-0.4, -0.2) is 361 Å². The third-order valence-electron chi connectivity index (χ3n) is 28.2. The number of carbonyl (C=O) groups excluding carboxylic acids is 3. The second kappa shape index (κ2) is 44.3. The van der Waals surface area contributed by atoms with Crippen molar-refractivity contribution in [2.75, 3.05) is 227 Å². The van der Waals surface area contributed by atoms with Crippen molar-refractivity contribution in [2.24, 2.45) is 0 Å². The zero-order chi connectivity index (χ0) is 96.1.